The molecule has 0 aliphatic carbocycles. The van der Waals surface area contributed by atoms with E-state index in [1.54, 1.807) is 35.6 Å². The van der Waals surface area contributed by atoms with Crippen LogP contribution in [-0.2, 0) is 20.7 Å². The number of carbonyl (C=O) groups is 2. The first kappa shape index (κ1) is 21.6. The van der Waals surface area contributed by atoms with Crippen LogP contribution in [-0.4, -0.2) is 30.3 Å². The van der Waals surface area contributed by atoms with Crippen molar-refractivity contribution in [2.45, 2.75) is 25.2 Å². The van der Waals surface area contributed by atoms with Gasteiger partial charge in [0.2, 0.25) is 5.91 Å². The second kappa shape index (κ2) is 8.97. The van der Waals surface area contributed by atoms with Gasteiger partial charge in [0.1, 0.15) is 0 Å². The summed E-state index contributed by atoms with van der Waals surface area (Å²) in [5, 5.41) is 4.15. The van der Waals surface area contributed by atoms with E-state index in [1.165, 1.54) is 31.2 Å². The first-order valence-electron chi connectivity index (χ1n) is 8.30. The average molecular weight is 415 g/mol. The molecule has 0 radical (unpaired) electrons. The Morgan fingerprint density at radius 2 is 1.64 bits per heavy atom. The number of anilines is 1. The van der Waals surface area contributed by atoms with Gasteiger partial charge in [-0.1, -0.05) is 41.9 Å². The average Bonchev–Trinajstić information content (AvgIpc) is 2.63. The molecule has 1 atom stereocenters. The van der Waals surface area contributed by atoms with Crippen LogP contribution < -0.4 is 10.6 Å². The molecule has 0 aliphatic rings. The second-order valence-electron chi connectivity index (χ2n) is 5.81. The summed E-state index contributed by atoms with van der Waals surface area (Å²) in [6.45, 7) is 1.07. The van der Waals surface area contributed by atoms with Crippen LogP contribution in [0, 0.1) is 0 Å². The fourth-order valence-electron chi connectivity index (χ4n) is 2.41. The molecule has 0 heterocycles. The number of nitrogens with one attached hydrogen (secondary N) is 2. The number of amides is 1. The van der Waals surface area contributed by atoms with Crippen molar-refractivity contribution in [2.75, 3.05) is 11.9 Å². The molecule has 5 nitrogen and oxygen atoms in total. The van der Waals surface area contributed by atoms with Crippen LogP contribution in [0.2, 0.25) is 5.02 Å². The molecule has 0 bridgehead atoms. The molecular weight excluding hydrogens is 397 g/mol. The largest absolute Gasteiger partial charge is 0.463 e. The molecule has 0 saturated heterocycles. The van der Waals surface area contributed by atoms with Crippen molar-refractivity contribution in [1.29, 1.82) is 0 Å². The van der Waals surface area contributed by atoms with Crippen molar-refractivity contribution < 1.29 is 27.5 Å². The number of hydrogen-bond acceptors (Lipinski definition) is 4. The molecule has 0 saturated carbocycles. The number of hydrogen-bond donors (Lipinski definition) is 2. The Bertz CT molecular complexity index is 813. The molecule has 9 heteroatoms. The van der Waals surface area contributed by atoms with Gasteiger partial charge in [-0.2, -0.15) is 13.2 Å². The molecule has 0 fully saturated rings. The van der Waals surface area contributed by atoms with Crippen LogP contribution in [0.25, 0.3) is 0 Å². The van der Waals surface area contributed by atoms with Gasteiger partial charge in [0.25, 0.3) is 0 Å². The van der Waals surface area contributed by atoms with Gasteiger partial charge in [-0.05, 0) is 36.8 Å². The van der Waals surface area contributed by atoms with Gasteiger partial charge in [-0.15, -0.1) is 0 Å². The van der Waals surface area contributed by atoms with Crippen LogP contribution in [0.5, 0.6) is 0 Å². The van der Waals surface area contributed by atoms with E-state index in [4.69, 9.17) is 11.6 Å². The van der Waals surface area contributed by atoms with Gasteiger partial charge in [0.15, 0.2) is 0 Å². The minimum Gasteiger partial charge on any atom is -0.463 e. The van der Waals surface area contributed by atoms with Crippen LogP contribution in [0.4, 0.5) is 18.9 Å². The summed E-state index contributed by atoms with van der Waals surface area (Å²) < 4.78 is 46.6. The number of esters is 1. The highest BCUT2D eigenvalue weighted by Gasteiger charge is 2.63. The monoisotopic (exact) mass is 414 g/mol. The van der Waals surface area contributed by atoms with Gasteiger partial charge in [-0.3, -0.25) is 4.79 Å². The van der Waals surface area contributed by atoms with E-state index >= 15 is 0 Å². The fourth-order valence-corrected chi connectivity index (χ4v) is 2.54. The molecule has 2 aromatic carbocycles. The number of ether oxygens (including phenoxy) is 1. The summed E-state index contributed by atoms with van der Waals surface area (Å²) in [5.74, 6) is -2.67. The standard InChI is InChI=1S/C19H18ClF3N2O3/c1-2-28-17(27)18(19(21,22)23,24-15-10-8-14(20)9-11-15)25-16(26)12-13-6-4-3-5-7-13/h3-11,24H,2,12H2,1H3,(H,25,26). The van der Waals surface area contributed by atoms with Gasteiger partial charge in [0, 0.05) is 10.7 Å². The lowest BCUT2D eigenvalue weighted by molar-refractivity contribution is -0.207. The zero-order valence-corrected chi connectivity index (χ0v) is 15.6. The van der Waals surface area contributed by atoms with Crippen molar-refractivity contribution in [3.05, 3.63) is 65.2 Å². The maximum Gasteiger partial charge on any atom is 0.441 e. The number of carbonyl (C=O) groups excluding carboxylic acids is 2. The van der Waals surface area contributed by atoms with Crippen LogP contribution in [0.15, 0.2) is 54.6 Å². The molecule has 150 valence electrons. The van der Waals surface area contributed by atoms with E-state index in [-0.39, 0.29) is 18.7 Å². The first-order chi connectivity index (χ1) is 13.2. The Kier molecular flexibility index (Phi) is 6.90. The summed E-state index contributed by atoms with van der Waals surface area (Å²) in [6, 6.07) is 13.4. The Morgan fingerprint density at radius 1 is 1.04 bits per heavy atom. The second-order valence-corrected chi connectivity index (χ2v) is 6.25. The van der Waals surface area contributed by atoms with Crippen LogP contribution in [0.1, 0.15) is 12.5 Å². The molecule has 1 unspecified atom stereocenters. The predicted octanol–water partition coefficient (Wildman–Crippen LogP) is 3.93. The smallest absolute Gasteiger partial charge is 0.441 e. The first-order valence-corrected chi connectivity index (χ1v) is 8.68. The molecule has 2 N–H and O–H groups in total. The zero-order valence-electron chi connectivity index (χ0n) is 14.8. The molecule has 0 spiro atoms. The maximum absolute atomic E-state index is 14.0. The van der Waals surface area contributed by atoms with E-state index < -0.39 is 23.7 Å². The highest BCUT2D eigenvalue weighted by molar-refractivity contribution is 6.30. The lowest BCUT2D eigenvalue weighted by Crippen LogP contribution is -2.69. The third-order valence-corrected chi connectivity index (χ3v) is 3.97. The number of rotatable bonds is 7. The van der Waals surface area contributed by atoms with Gasteiger partial charge >= 0.3 is 17.8 Å². The Balaban J connectivity index is 2.38. The normalized spacial score (nSPS) is 13.3. The topological polar surface area (TPSA) is 67.4 Å². The lowest BCUT2D eigenvalue weighted by Gasteiger charge is -2.35. The fraction of sp³-hybridized carbons (Fsp3) is 0.263. The highest BCUT2D eigenvalue weighted by Crippen LogP contribution is 2.33. The van der Waals surface area contributed by atoms with E-state index in [9.17, 15) is 22.8 Å². The molecule has 2 rings (SSSR count). The zero-order chi connectivity index (χ0) is 20.8. The number of alkyl halides is 3. The third-order valence-electron chi connectivity index (χ3n) is 3.72. The van der Waals surface area contributed by atoms with Crippen molar-refractivity contribution in [3.8, 4) is 0 Å². The van der Waals surface area contributed by atoms with E-state index in [2.05, 4.69) is 10.1 Å². The van der Waals surface area contributed by atoms with Gasteiger partial charge < -0.3 is 15.4 Å². The SMILES string of the molecule is CCOC(=O)C(NC(=O)Cc1ccccc1)(Nc1ccc(Cl)cc1)C(F)(F)F. The van der Waals surface area contributed by atoms with E-state index in [0.717, 1.165) is 0 Å². The lowest BCUT2D eigenvalue weighted by atomic mass is 10.1. The van der Waals surface area contributed by atoms with Gasteiger partial charge in [0.05, 0.1) is 13.0 Å². The highest BCUT2D eigenvalue weighted by atomic mass is 35.5. The third kappa shape index (κ3) is 5.16. The molecule has 2 aromatic rings. The van der Waals surface area contributed by atoms with Crippen LogP contribution in [0.3, 0.4) is 0 Å². The quantitative estimate of drug-likeness (QED) is 0.532. The van der Waals surface area contributed by atoms with E-state index in [0.29, 0.717) is 10.6 Å². The molecule has 0 aliphatic heterocycles. The molecule has 0 aromatic heterocycles. The molecular formula is C19H18ClF3N2O3. The summed E-state index contributed by atoms with van der Waals surface area (Å²) >= 11 is 5.75. The Morgan fingerprint density at radius 3 is 2.18 bits per heavy atom. The van der Waals surface area contributed by atoms with Crippen molar-refractivity contribution >= 4 is 29.2 Å². The van der Waals surface area contributed by atoms with Crippen molar-refractivity contribution in [1.82, 2.24) is 5.32 Å². The minimum absolute atomic E-state index is 0.0743. The number of halogens is 4. The Hall–Kier alpha value is -2.74. The van der Waals surface area contributed by atoms with E-state index in [1.807, 2.05) is 0 Å². The predicted molar refractivity (Wildman–Crippen MR) is 98.8 cm³/mol. The summed E-state index contributed by atoms with van der Waals surface area (Å²) in [5.41, 5.74) is -3.04. The summed E-state index contributed by atoms with van der Waals surface area (Å²) in [6.07, 6.45) is -5.54. The van der Waals surface area contributed by atoms with Gasteiger partial charge in [-0.25, -0.2) is 4.79 Å². The maximum atomic E-state index is 14.0. The van der Waals surface area contributed by atoms with Crippen LogP contribution >= 0.6 is 11.6 Å². The van der Waals surface area contributed by atoms with Crippen molar-refractivity contribution in [2.24, 2.45) is 0 Å². The number of benzene rings is 2. The Labute approximate surface area is 164 Å². The molecule has 1 amide bonds. The summed E-state index contributed by atoms with van der Waals surface area (Å²) in [7, 11) is 0. The van der Waals surface area contributed by atoms with Crippen molar-refractivity contribution in [3.63, 3.8) is 0 Å². The molecule has 28 heavy (non-hydrogen) atoms. The minimum atomic E-state index is -5.19. The summed E-state index contributed by atoms with van der Waals surface area (Å²) in [4.78, 5) is 24.7.